The number of amides is 2. The molecule has 0 N–H and O–H groups in total. The Hall–Kier alpha value is -1.63. The van der Waals surface area contributed by atoms with Crippen molar-refractivity contribution in [2.45, 2.75) is 40.0 Å². The van der Waals surface area contributed by atoms with Crippen molar-refractivity contribution >= 4 is 23.3 Å². The highest BCUT2D eigenvalue weighted by Gasteiger charge is 2.28. The maximum Gasteiger partial charge on any atom is 0.409 e. The van der Waals surface area contributed by atoms with Crippen LogP contribution in [0.5, 0.6) is 0 Å². The topological polar surface area (TPSA) is 62.7 Å². The Labute approximate surface area is 147 Å². The van der Waals surface area contributed by atoms with Crippen LogP contribution < -0.4 is 0 Å². The van der Waals surface area contributed by atoms with E-state index >= 15 is 0 Å². The van der Waals surface area contributed by atoms with Crippen molar-refractivity contribution in [3.63, 3.8) is 0 Å². The smallest absolute Gasteiger partial charge is 0.409 e. The number of hydrogen-bond donors (Lipinski definition) is 0. The average molecular weight is 353 g/mol. The Balaban J connectivity index is 1.89. The molecule has 134 valence electrons. The van der Waals surface area contributed by atoms with Gasteiger partial charge in [0, 0.05) is 31.6 Å². The fourth-order valence-electron chi connectivity index (χ4n) is 2.30. The minimum absolute atomic E-state index is 0.00167. The number of rotatable bonds is 3. The van der Waals surface area contributed by atoms with Crippen LogP contribution in [0, 0.1) is 5.92 Å². The summed E-state index contributed by atoms with van der Waals surface area (Å²) < 4.78 is 5.24. The van der Waals surface area contributed by atoms with Crippen LogP contribution in [0.25, 0.3) is 0 Å². The van der Waals surface area contributed by atoms with Gasteiger partial charge in [-0.05, 0) is 5.92 Å². The lowest BCUT2D eigenvalue weighted by Crippen LogP contribution is -2.50. The van der Waals surface area contributed by atoms with Crippen molar-refractivity contribution in [1.29, 1.82) is 0 Å². The summed E-state index contributed by atoms with van der Waals surface area (Å²) in [6, 6.07) is 0. The molecule has 0 saturated carbocycles. The SMILES string of the molecule is CC(C)COC(=O)N1CCN(C(=O)c2cnc(C(C)(C)C)s2)CC1. The van der Waals surface area contributed by atoms with Crippen LogP contribution in [0.2, 0.25) is 0 Å². The minimum atomic E-state index is -0.288. The van der Waals surface area contributed by atoms with Gasteiger partial charge < -0.3 is 14.5 Å². The van der Waals surface area contributed by atoms with Gasteiger partial charge in [-0.2, -0.15) is 0 Å². The van der Waals surface area contributed by atoms with Crippen LogP contribution >= 0.6 is 11.3 Å². The molecule has 1 saturated heterocycles. The van der Waals surface area contributed by atoms with Crippen molar-refractivity contribution < 1.29 is 14.3 Å². The van der Waals surface area contributed by atoms with Gasteiger partial charge in [0.15, 0.2) is 0 Å². The highest BCUT2D eigenvalue weighted by Crippen LogP contribution is 2.27. The van der Waals surface area contributed by atoms with E-state index in [2.05, 4.69) is 25.8 Å². The Kier molecular flexibility index (Phi) is 5.85. The molecule has 0 aliphatic carbocycles. The average Bonchev–Trinajstić information content (AvgIpc) is 3.02. The molecule has 0 radical (unpaired) electrons. The zero-order valence-electron chi connectivity index (χ0n) is 15.2. The molecule has 2 heterocycles. The summed E-state index contributed by atoms with van der Waals surface area (Å²) in [5.74, 6) is 0.318. The zero-order chi connectivity index (χ0) is 17.9. The summed E-state index contributed by atoms with van der Waals surface area (Å²) in [5.41, 5.74) is -0.0535. The molecule has 0 unspecified atom stereocenters. The largest absolute Gasteiger partial charge is 0.449 e. The highest BCUT2D eigenvalue weighted by molar-refractivity contribution is 7.13. The molecule has 1 fully saturated rings. The summed E-state index contributed by atoms with van der Waals surface area (Å²) in [6.45, 7) is 12.8. The van der Waals surface area contributed by atoms with E-state index in [0.29, 0.717) is 43.6 Å². The molecule has 0 bridgehead atoms. The fraction of sp³-hybridized carbons (Fsp3) is 0.706. The summed E-state index contributed by atoms with van der Waals surface area (Å²) in [5, 5.41) is 0.960. The molecule has 1 aliphatic heterocycles. The van der Waals surface area contributed by atoms with E-state index < -0.39 is 0 Å². The Morgan fingerprint density at radius 3 is 2.29 bits per heavy atom. The predicted octanol–water partition coefficient (Wildman–Crippen LogP) is 2.99. The minimum Gasteiger partial charge on any atom is -0.449 e. The zero-order valence-corrected chi connectivity index (χ0v) is 16.0. The second-order valence-electron chi connectivity index (χ2n) is 7.53. The van der Waals surface area contributed by atoms with Crippen molar-refractivity contribution in [2.75, 3.05) is 32.8 Å². The van der Waals surface area contributed by atoms with Crippen molar-refractivity contribution in [3.05, 3.63) is 16.1 Å². The number of carbonyl (C=O) groups excluding carboxylic acids is 2. The van der Waals surface area contributed by atoms with Crippen LogP contribution in [-0.4, -0.2) is 59.6 Å². The molecular weight excluding hydrogens is 326 g/mol. The first kappa shape index (κ1) is 18.7. The van der Waals surface area contributed by atoms with Crippen LogP contribution in [0.15, 0.2) is 6.20 Å². The maximum atomic E-state index is 12.6. The lowest BCUT2D eigenvalue weighted by Gasteiger charge is -2.34. The number of nitrogens with zero attached hydrogens (tertiary/aromatic N) is 3. The van der Waals surface area contributed by atoms with E-state index in [9.17, 15) is 9.59 Å². The van der Waals surface area contributed by atoms with Crippen LogP contribution in [0.1, 0.15) is 49.3 Å². The van der Waals surface area contributed by atoms with Crippen molar-refractivity contribution in [1.82, 2.24) is 14.8 Å². The van der Waals surface area contributed by atoms with E-state index in [0.717, 1.165) is 5.01 Å². The summed E-state index contributed by atoms with van der Waals surface area (Å²) >= 11 is 1.45. The van der Waals surface area contributed by atoms with Crippen molar-refractivity contribution in [3.8, 4) is 0 Å². The number of thiazole rings is 1. The van der Waals surface area contributed by atoms with E-state index in [4.69, 9.17) is 4.74 Å². The Morgan fingerprint density at radius 1 is 1.21 bits per heavy atom. The maximum absolute atomic E-state index is 12.6. The number of hydrogen-bond acceptors (Lipinski definition) is 5. The van der Waals surface area contributed by atoms with Crippen LogP contribution in [0.3, 0.4) is 0 Å². The molecule has 24 heavy (non-hydrogen) atoms. The first-order valence-electron chi connectivity index (χ1n) is 8.35. The lowest BCUT2D eigenvalue weighted by atomic mass is 9.98. The quantitative estimate of drug-likeness (QED) is 0.838. The van der Waals surface area contributed by atoms with Gasteiger partial charge in [-0.3, -0.25) is 4.79 Å². The normalized spacial score (nSPS) is 15.8. The van der Waals surface area contributed by atoms with Gasteiger partial charge in [0.1, 0.15) is 4.88 Å². The van der Waals surface area contributed by atoms with Gasteiger partial charge in [0.2, 0.25) is 0 Å². The molecule has 1 aromatic rings. The molecule has 0 spiro atoms. The van der Waals surface area contributed by atoms with Crippen molar-refractivity contribution in [2.24, 2.45) is 5.92 Å². The molecule has 0 aromatic carbocycles. The molecule has 6 nitrogen and oxygen atoms in total. The van der Waals surface area contributed by atoms with E-state index in [1.807, 2.05) is 13.8 Å². The van der Waals surface area contributed by atoms with Crippen LogP contribution in [-0.2, 0) is 10.2 Å². The monoisotopic (exact) mass is 353 g/mol. The van der Waals surface area contributed by atoms with Gasteiger partial charge in [-0.15, -0.1) is 11.3 Å². The third kappa shape index (κ3) is 4.69. The fourth-order valence-corrected chi connectivity index (χ4v) is 3.24. The first-order valence-corrected chi connectivity index (χ1v) is 9.17. The lowest BCUT2D eigenvalue weighted by molar-refractivity contribution is 0.0538. The predicted molar refractivity (Wildman–Crippen MR) is 94.5 cm³/mol. The molecule has 2 rings (SSSR count). The molecule has 0 atom stereocenters. The Morgan fingerprint density at radius 2 is 1.79 bits per heavy atom. The Bertz CT molecular complexity index is 584. The number of ether oxygens (including phenoxy) is 1. The number of carbonyl (C=O) groups is 2. The van der Waals surface area contributed by atoms with Crippen LogP contribution in [0.4, 0.5) is 4.79 Å². The molecule has 1 aliphatic rings. The molecule has 7 heteroatoms. The summed E-state index contributed by atoms with van der Waals surface area (Å²) in [4.78, 5) is 33.0. The van der Waals surface area contributed by atoms with E-state index in [-0.39, 0.29) is 17.4 Å². The first-order chi connectivity index (χ1) is 11.2. The van der Waals surface area contributed by atoms with Gasteiger partial charge >= 0.3 is 6.09 Å². The standard InChI is InChI=1S/C17H27N3O3S/c1-12(2)11-23-16(22)20-8-6-19(7-9-20)14(21)13-10-18-15(24-13)17(3,4)5/h10,12H,6-9,11H2,1-5H3. The molecule has 1 aromatic heterocycles. The van der Waals surface area contributed by atoms with E-state index in [1.54, 1.807) is 16.0 Å². The van der Waals surface area contributed by atoms with E-state index in [1.165, 1.54) is 11.3 Å². The second-order valence-corrected chi connectivity index (χ2v) is 8.56. The summed E-state index contributed by atoms with van der Waals surface area (Å²) in [6.07, 6.45) is 1.38. The second kappa shape index (κ2) is 7.51. The van der Waals surface area contributed by atoms with Gasteiger partial charge in [0.25, 0.3) is 5.91 Å². The van der Waals surface area contributed by atoms with Gasteiger partial charge in [0.05, 0.1) is 17.8 Å². The third-order valence-corrected chi connectivity index (χ3v) is 5.13. The molecular formula is C17H27N3O3S. The third-order valence-electron chi connectivity index (χ3n) is 3.72. The molecule has 2 amide bonds. The number of piperazine rings is 1. The highest BCUT2D eigenvalue weighted by atomic mass is 32.1. The summed E-state index contributed by atoms with van der Waals surface area (Å²) in [7, 11) is 0. The van der Waals surface area contributed by atoms with Gasteiger partial charge in [-0.1, -0.05) is 34.6 Å². The number of aromatic nitrogens is 1. The van der Waals surface area contributed by atoms with Gasteiger partial charge in [-0.25, -0.2) is 9.78 Å².